The number of carbonyl (C=O) groups is 1. The normalized spacial score (nSPS) is 14.5. The van der Waals surface area contributed by atoms with Crippen LogP contribution in [0.1, 0.15) is 5.56 Å². The number of fused-ring (bicyclic) bond motifs is 1. The summed E-state index contributed by atoms with van der Waals surface area (Å²) in [4.78, 5) is 24.2. The van der Waals surface area contributed by atoms with Gasteiger partial charge in [0.2, 0.25) is 0 Å². The van der Waals surface area contributed by atoms with Crippen molar-refractivity contribution in [2.45, 2.75) is 6.54 Å². The Morgan fingerprint density at radius 3 is 2.88 bits per heavy atom. The third-order valence-electron chi connectivity index (χ3n) is 5.68. The standard InChI is InChI=1S/C23H24FN7O2/c1-30(20-5-3-2-4-16(20)24)23(32)28-19-13-25-29-21(19)22-26-17-7-6-15(12-18(17)27-22)14-31-8-10-33-11-9-31/h2-7,12-13H,8-11,14H2,1H3,(H,25,29)(H,26,27)(H,28,32). The van der Waals surface area contributed by atoms with E-state index < -0.39 is 11.8 Å². The molecular formula is C23H24FN7O2. The molecule has 0 aliphatic carbocycles. The van der Waals surface area contributed by atoms with Crippen LogP contribution in [0.2, 0.25) is 0 Å². The molecule has 170 valence electrons. The van der Waals surface area contributed by atoms with Crippen LogP contribution in [0.4, 0.5) is 20.6 Å². The topological polar surface area (TPSA) is 102 Å². The number of amides is 2. The van der Waals surface area contributed by atoms with Crippen LogP contribution >= 0.6 is 0 Å². The molecular weight excluding hydrogens is 425 g/mol. The Hall–Kier alpha value is -3.76. The van der Waals surface area contributed by atoms with Gasteiger partial charge in [0.1, 0.15) is 5.82 Å². The fourth-order valence-electron chi connectivity index (χ4n) is 3.88. The van der Waals surface area contributed by atoms with Gasteiger partial charge in [-0.25, -0.2) is 14.2 Å². The van der Waals surface area contributed by atoms with Gasteiger partial charge in [0.05, 0.1) is 35.6 Å². The summed E-state index contributed by atoms with van der Waals surface area (Å²) in [5.74, 6) is 0.0475. The van der Waals surface area contributed by atoms with Crippen molar-refractivity contribution in [1.82, 2.24) is 25.1 Å². The smallest absolute Gasteiger partial charge is 0.326 e. The van der Waals surface area contributed by atoms with E-state index in [0.29, 0.717) is 17.2 Å². The van der Waals surface area contributed by atoms with Gasteiger partial charge in [-0.2, -0.15) is 5.10 Å². The number of H-pyrrole nitrogens is 2. The Kier molecular flexibility index (Phi) is 5.76. The number of hydrogen-bond acceptors (Lipinski definition) is 5. The first-order chi connectivity index (χ1) is 16.1. The molecule has 1 fully saturated rings. The van der Waals surface area contributed by atoms with Gasteiger partial charge in [-0.05, 0) is 29.8 Å². The number of hydrogen-bond donors (Lipinski definition) is 3. The van der Waals surface area contributed by atoms with Crippen LogP contribution in [0.5, 0.6) is 0 Å². The van der Waals surface area contributed by atoms with E-state index in [2.05, 4.69) is 42.5 Å². The summed E-state index contributed by atoms with van der Waals surface area (Å²) in [6, 6.07) is 11.7. The molecule has 0 radical (unpaired) electrons. The van der Waals surface area contributed by atoms with Crippen molar-refractivity contribution in [3.8, 4) is 11.5 Å². The minimum atomic E-state index is -0.494. The lowest BCUT2D eigenvalue weighted by Crippen LogP contribution is -2.35. The molecule has 33 heavy (non-hydrogen) atoms. The zero-order valence-electron chi connectivity index (χ0n) is 18.1. The third-order valence-corrected chi connectivity index (χ3v) is 5.68. The number of aromatic nitrogens is 4. The number of benzene rings is 2. The number of carbonyl (C=O) groups excluding carboxylic acids is 1. The second kappa shape index (κ2) is 9.00. The van der Waals surface area contributed by atoms with E-state index in [9.17, 15) is 9.18 Å². The van der Waals surface area contributed by atoms with Crippen LogP contribution in [-0.2, 0) is 11.3 Å². The molecule has 0 atom stereocenters. The van der Waals surface area contributed by atoms with Crippen LogP contribution < -0.4 is 10.2 Å². The Morgan fingerprint density at radius 1 is 1.24 bits per heavy atom. The lowest BCUT2D eigenvalue weighted by atomic mass is 10.2. The first-order valence-electron chi connectivity index (χ1n) is 10.7. The highest BCUT2D eigenvalue weighted by atomic mass is 19.1. The van der Waals surface area contributed by atoms with Gasteiger partial charge in [-0.15, -0.1) is 0 Å². The summed E-state index contributed by atoms with van der Waals surface area (Å²) in [7, 11) is 1.50. The Bertz CT molecular complexity index is 1280. The Labute approximate surface area is 189 Å². The summed E-state index contributed by atoms with van der Waals surface area (Å²) < 4.78 is 19.5. The Morgan fingerprint density at radius 2 is 2.06 bits per heavy atom. The van der Waals surface area contributed by atoms with Crippen molar-refractivity contribution in [3.63, 3.8) is 0 Å². The number of aromatic amines is 2. The van der Waals surface area contributed by atoms with E-state index in [1.165, 1.54) is 23.6 Å². The maximum atomic E-state index is 14.1. The lowest BCUT2D eigenvalue weighted by molar-refractivity contribution is 0.0342. The fraction of sp³-hybridized carbons (Fsp3) is 0.261. The predicted octanol–water partition coefficient (Wildman–Crippen LogP) is 3.59. The number of ether oxygens (including phenoxy) is 1. The number of imidazole rings is 1. The van der Waals surface area contributed by atoms with Crippen LogP contribution in [-0.4, -0.2) is 64.4 Å². The lowest BCUT2D eigenvalue weighted by Gasteiger charge is -2.26. The summed E-state index contributed by atoms with van der Waals surface area (Å²) in [6.07, 6.45) is 1.57. The fourth-order valence-corrected chi connectivity index (χ4v) is 3.88. The summed E-state index contributed by atoms with van der Waals surface area (Å²) in [5, 5.41) is 9.79. The SMILES string of the molecule is CN(C(=O)Nc1c[nH]nc1-c1nc2cc(CN3CCOCC3)ccc2[nH]1)c1ccccc1F. The number of rotatable bonds is 5. The van der Waals surface area contributed by atoms with Crippen LogP contribution in [0, 0.1) is 5.82 Å². The average molecular weight is 449 g/mol. The maximum absolute atomic E-state index is 14.1. The van der Waals surface area contributed by atoms with Crippen molar-refractivity contribution in [1.29, 1.82) is 0 Å². The van der Waals surface area contributed by atoms with Crippen molar-refractivity contribution in [3.05, 3.63) is 60.0 Å². The summed E-state index contributed by atoms with van der Waals surface area (Å²) >= 11 is 0. The van der Waals surface area contributed by atoms with Gasteiger partial charge in [-0.3, -0.25) is 14.9 Å². The molecule has 5 rings (SSSR count). The largest absolute Gasteiger partial charge is 0.379 e. The number of nitrogens with zero attached hydrogens (tertiary/aromatic N) is 4. The minimum Gasteiger partial charge on any atom is -0.379 e. The quantitative estimate of drug-likeness (QED) is 0.432. The van der Waals surface area contributed by atoms with Gasteiger partial charge >= 0.3 is 6.03 Å². The van der Waals surface area contributed by atoms with E-state index in [-0.39, 0.29) is 5.69 Å². The first-order valence-corrected chi connectivity index (χ1v) is 10.7. The highest BCUT2D eigenvalue weighted by molar-refractivity contribution is 6.03. The number of urea groups is 1. The monoisotopic (exact) mass is 449 g/mol. The van der Waals surface area contributed by atoms with Crippen LogP contribution in [0.25, 0.3) is 22.6 Å². The number of para-hydroxylation sites is 1. The number of morpholine rings is 1. The van der Waals surface area contributed by atoms with Crippen LogP contribution in [0.3, 0.4) is 0 Å². The molecule has 9 nitrogen and oxygen atoms in total. The molecule has 10 heteroatoms. The van der Waals surface area contributed by atoms with Crippen molar-refractivity contribution < 1.29 is 13.9 Å². The molecule has 4 aromatic rings. The van der Waals surface area contributed by atoms with Crippen molar-refractivity contribution >= 4 is 28.4 Å². The molecule has 2 amide bonds. The second-order valence-corrected chi connectivity index (χ2v) is 7.91. The van der Waals surface area contributed by atoms with E-state index in [1.807, 2.05) is 6.07 Å². The average Bonchev–Trinajstić information content (AvgIpc) is 3.46. The highest BCUT2D eigenvalue weighted by Gasteiger charge is 2.19. The summed E-state index contributed by atoms with van der Waals surface area (Å²) in [5.41, 5.74) is 3.95. The second-order valence-electron chi connectivity index (χ2n) is 7.91. The molecule has 1 aliphatic rings. The summed E-state index contributed by atoms with van der Waals surface area (Å²) in [6.45, 7) is 4.19. The molecule has 2 aromatic carbocycles. The van der Waals surface area contributed by atoms with Crippen molar-refractivity contribution in [2.75, 3.05) is 43.6 Å². The van der Waals surface area contributed by atoms with Crippen LogP contribution in [0.15, 0.2) is 48.7 Å². The Balaban J connectivity index is 1.35. The maximum Gasteiger partial charge on any atom is 0.326 e. The highest BCUT2D eigenvalue weighted by Crippen LogP contribution is 2.27. The molecule has 1 saturated heterocycles. The van der Waals surface area contributed by atoms with E-state index in [0.717, 1.165) is 43.9 Å². The van der Waals surface area contributed by atoms with E-state index in [1.54, 1.807) is 24.4 Å². The molecule has 0 unspecified atom stereocenters. The zero-order valence-corrected chi connectivity index (χ0v) is 18.1. The molecule has 2 aromatic heterocycles. The number of anilines is 2. The van der Waals surface area contributed by atoms with Gasteiger partial charge in [0.25, 0.3) is 0 Å². The number of halogens is 1. The molecule has 0 spiro atoms. The molecule has 0 saturated carbocycles. The van der Waals surface area contributed by atoms with Crippen molar-refractivity contribution in [2.24, 2.45) is 0 Å². The van der Waals surface area contributed by atoms with Gasteiger partial charge in [0, 0.05) is 32.9 Å². The number of nitrogens with one attached hydrogen (secondary N) is 3. The third kappa shape index (κ3) is 4.43. The minimum absolute atomic E-state index is 0.177. The van der Waals surface area contributed by atoms with Gasteiger partial charge in [-0.1, -0.05) is 18.2 Å². The molecule has 3 heterocycles. The predicted molar refractivity (Wildman–Crippen MR) is 124 cm³/mol. The van der Waals surface area contributed by atoms with Gasteiger partial charge in [0.15, 0.2) is 11.5 Å². The zero-order chi connectivity index (χ0) is 22.8. The molecule has 3 N–H and O–H groups in total. The van der Waals surface area contributed by atoms with Gasteiger partial charge < -0.3 is 15.0 Å². The van der Waals surface area contributed by atoms with E-state index >= 15 is 0 Å². The first kappa shape index (κ1) is 21.1. The molecule has 0 bridgehead atoms. The van der Waals surface area contributed by atoms with E-state index in [4.69, 9.17) is 4.74 Å². The molecule has 1 aliphatic heterocycles.